The summed E-state index contributed by atoms with van der Waals surface area (Å²) in [4.78, 5) is 15.0. The van der Waals surface area contributed by atoms with E-state index < -0.39 is 0 Å². The molecular weight excluding hydrogens is 174 g/mol. The van der Waals surface area contributed by atoms with Crippen molar-refractivity contribution in [3.8, 4) is 0 Å². The number of carbonyl (C=O) groups excluding carboxylic acids is 1. The Kier molecular flexibility index (Phi) is 4.78. The molecule has 0 rings (SSSR count). The van der Waals surface area contributed by atoms with Gasteiger partial charge in [-0.25, -0.2) is 0 Å². The van der Waals surface area contributed by atoms with Gasteiger partial charge in [0.15, 0.2) is 5.78 Å². The zero-order chi connectivity index (χ0) is 11.3. The third kappa shape index (κ3) is 2.80. The number of hydrogen-bond acceptors (Lipinski definition) is 2. The number of allylic oxidation sites excluding steroid dienone is 1. The van der Waals surface area contributed by atoms with Gasteiger partial charge in [0.2, 0.25) is 0 Å². The van der Waals surface area contributed by atoms with Crippen LogP contribution in [0.5, 0.6) is 0 Å². The van der Waals surface area contributed by atoms with Crippen LogP contribution in [0.1, 0.15) is 20.8 Å². The van der Waals surface area contributed by atoms with Crippen LogP contribution in [-0.4, -0.2) is 18.5 Å². The molecule has 0 N–H and O–H groups in total. The molecule has 0 aliphatic carbocycles. The number of Topliss-reactive ketones (excluding diaryl/α,β-unsaturated/α-hetero) is 1. The summed E-state index contributed by atoms with van der Waals surface area (Å²) in [5.41, 5.74) is 2.24. The largest absolute Gasteiger partial charge is 0.295 e. The summed E-state index contributed by atoms with van der Waals surface area (Å²) in [5, 5.41) is 0. The molecule has 0 heterocycles. The molecule has 0 aliphatic rings. The monoisotopic (exact) mass is 191 g/mol. The fraction of sp³-hybridized carbons (Fsp3) is 0.333. The van der Waals surface area contributed by atoms with Crippen LogP contribution in [0.15, 0.2) is 40.9 Å². The van der Waals surface area contributed by atoms with E-state index in [0.29, 0.717) is 5.57 Å². The summed E-state index contributed by atoms with van der Waals surface area (Å²) >= 11 is 0. The molecule has 0 aliphatic heterocycles. The second-order valence-corrected chi connectivity index (χ2v) is 3.19. The predicted octanol–water partition coefficient (Wildman–Crippen LogP) is 2.72. The van der Waals surface area contributed by atoms with E-state index in [-0.39, 0.29) is 11.8 Å². The second-order valence-electron chi connectivity index (χ2n) is 3.19. The van der Waals surface area contributed by atoms with E-state index in [2.05, 4.69) is 24.9 Å². The highest BCUT2D eigenvalue weighted by atomic mass is 16.1. The lowest BCUT2D eigenvalue weighted by molar-refractivity contribution is -0.113. The van der Waals surface area contributed by atoms with Crippen molar-refractivity contribution in [1.29, 1.82) is 0 Å². The van der Waals surface area contributed by atoms with Gasteiger partial charge in [0.1, 0.15) is 6.04 Å². The van der Waals surface area contributed by atoms with Crippen LogP contribution in [0.25, 0.3) is 0 Å². The van der Waals surface area contributed by atoms with Crippen LogP contribution < -0.4 is 0 Å². The first kappa shape index (κ1) is 12.6. The molecule has 0 fully saturated rings. The predicted molar refractivity (Wildman–Crippen MR) is 61.7 cm³/mol. The van der Waals surface area contributed by atoms with Crippen molar-refractivity contribution in [1.82, 2.24) is 0 Å². The molecule has 0 saturated carbocycles. The molecule has 14 heavy (non-hydrogen) atoms. The van der Waals surface area contributed by atoms with Crippen molar-refractivity contribution >= 4 is 12.5 Å². The lowest BCUT2D eigenvalue weighted by atomic mass is 9.93. The average molecular weight is 191 g/mol. The molecule has 0 aromatic rings. The number of ketones is 1. The van der Waals surface area contributed by atoms with Gasteiger partial charge in [-0.1, -0.05) is 24.8 Å². The minimum absolute atomic E-state index is 0.0667. The minimum atomic E-state index is -0.352. The Morgan fingerprint density at radius 2 is 1.86 bits per heavy atom. The third-order valence-electron chi connectivity index (χ3n) is 2.06. The van der Waals surface area contributed by atoms with Crippen LogP contribution in [0.3, 0.4) is 0 Å². The Morgan fingerprint density at radius 1 is 1.36 bits per heavy atom. The van der Waals surface area contributed by atoms with E-state index in [0.717, 1.165) is 11.1 Å². The SMILES string of the molecule is C=NC(C(=C)C(C)=O)/C(=C/C)C(=C)C. The minimum Gasteiger partial charge on any atom is -0.295 e. The van der Waals surface area contributed by atoms with Crippen molar-refractivity contribution in [2.24, 2.45) is 4.99 Å². The highest BCUT2D eigenvalue weighted by Crippen LogP contribution is 2.21. The number of hydrogen-bond donors (Lipinski definition) is 0. The Hall–Kier alpha value is -1.44. The Balaban J connectivity index is 5.08. The standard InChI is InChI=1S/C12H17NO/c1-7-11(8(2)3)12(13-6)9(4)10(5)14/h7,12H,2,4,6H2,1,3,5H3/b11-7+. The maximum atomic E-state index is 11.1. The molecule has 0 radical (unpaired) electrons. The van der Waals surface area contributed by atoms with Crippen molar-refractivity contribution in [3.05, 3.63) is 36.0 Å². The van der Waals surface area contributed by atoms with Gasteiger partial charge in [-0.2, -0.15) is 0 Å². The quantitative estimate of drug-likeness (QED) is 0.373. The summed E-state index contributed by atoms with van der Waals surface area (Å²) < 4.78 is 0. The Bertz CT molecular complexity index is 310. The van der Waals surface area contributed by atoms with E-state index >= 15 is 0 Å². The van der Waals surface area contributed by atoms with Gasteiger partial charge in [-0.15, -0.1) is 0 Å². The maximum Gasteiger partial charge on any atom is 0.157 e. The molecule has 2 heteroatoms. The van der Waals surface area contributed by atoms with Crippen molar-refractivity contribution in [3.63, 3.8) is 0 Å². The number of carbonyl (C=O) groups is 1. The van der Waals surface area contributed by atoms with Crippen LogP contribution in [0.4, 0.5) is 0 Å². The zero-order valence-electron chi connectivity index (χ0n) is 9.13. The summed E-state index contributed by atoms with van der Waals surface area (Å²) in [6.45, 7) is 16.2. The molecule has 76 valence electrons. The van der Waals surface area contributed by atoms with E-state index in [4.69, 9.17) is 0 Å². The molecule has 0 aromatic heterocycles. The van der Waals surface area contributed by atoms with Crippen LogP contribution in [-0.2, 0) is 4.79 Å². The Labute approximate surface area is 85.7 Å². The molecular formula is C12H17NO. The molecule has 2 nitrogen and oxygen atoms in total. The Morgan fingerprint density at radius 3 is 2.07 bits per heavy atom. The van der Waals surface area contributed by atoms with Gasteiger partial charge >= 0.3 is 0 Å². The molecule has 1 atom stereocenters. The smallest absolute Gasteiger partial charge is 0.157 e. The summed E-state index contributed by atoms with van der Waals surface area (Å²) in [6.07, 6.45) is 1.88. The second kappa shape index (κ2) is 5.32. The number of aliphatic imine (C=N–C) groups is 1. The third-order valence-corrected chi connectivity index (χ3v) is 2.06. The van der Waals surface area contributed by atoms with Crippen molar-refractivity contribution in [2.75, 3.05) is 0 Å². The summed E-state index contributed by atoms with van der Waals surface area (Å²) in [6, 6.07) is -0.352. The maximum absolute atomic E-state index is 11.1. The van der Waals surface area contributed by atoms with Gasteiger partial charge < -0.3 is 0 Å². The molecule has 0 saturated heterocycles. The van der Waals surface area contributed by atoms with Gasteiger partial charge in [0, 0.05) is 5.57 Å². The summed E-state index contributed by atoms with van der Waals surface area (Å²) in [7, 11) is 0. The van der Waals surface area contributed by atoms with E-state index in [9.17, 15) is 4.79 Å². The molecule has 0 amide bonds. The van der Waals surface area contributed by atoms with Gasteiger partial charge in [-0.05, 0) is 33.1 Å². The van der Waals surface area contributed by atoms with Crippen LogP contribution in [0, 0.1) is 0 Å². The van der Waals surface area contributed by atoms with Crippen molar-refractivity contribution < 1.29 is 4.79 Å². The molecule has 1 unspecified atom stereocenters. The van der Waals surface area contributed by atoms with Gasteiger partial charge in [-0.3, -0.25) is 9.79 Å². The topological polar surface area (TPSA) is 29.4 Å². The van der Waals surface area contributed by atoms with E-state index in [1.165, 1.54) is 6.92 Å². The molecule has 0 spiro atoms. The first-order valence-corrected chi connectivity index (χ1v) is 4.43. The highest BCUT2D eigenvalue weighted by molar-refractivity contribution is 5.94. The average Bonchev–Trinajstić information content (AvgIpc) is 2.11. The number of nitrogens with zero attached hydrogens (tertiary/aromatic N) is 1. The fourth-order valence-electron chi connectivity index (χ4n) is 1.23. The normalized spacial score (nSPS) is 13.2. The van der Waals surface area contributed by atoms with E-state index in [1.54, 1.807) is 0 Å². The number of rotatable bonds is 5. The lowest BCUT2D eigenvalue weighted by Gasteiger charge is -2.16. The summed E-state index contributed by atoms with van der Waals surface area (Å²) in [5.74, 6) is -0.0667. The first-order chi connectivity index (χ1) is 6.45. The van der Waals surface area contributed by atoms with E-state index in [1.807, 2.05) is 19.9 Å². The fourth-order valence-corrected chi connectivity index (χ4v) is 1.23. The lowest BCUT2D eigenvalue weighted by Crippen LogP contribution is -2.16. The van der Waals surface area contributed by atoms with Crippen LogP contribution in [0.2, 0.25) is 0 Å². The first-order valence-electron chi connectivity index (χ1n) is 4.43. The molecule has 0 bridgehead atoms. The molecule has 0 aromatic carbocycles. The van der Waals surface area contributed by atoms with Crippen LogP contribution >= 0.6 is 0 Å². The highest BCUT2D eigenvalue weighted by Gasteiger charge is 2.18. The van der Waals surface area contributed by atoms with Gasteiger partial charge in [0.25, 0.3) is 0 Å². The zero-order valence-corrected chi connectivity index (χ0v) is 9.13. The van der Waals surface area contributed by atoms with Crippen molar-refractivity contribution in [2.45, 2.75) is 26.8 Å². The van der Waals surface area contributed by atoms with Gasteiger partial charge in [0.05, 0.1) is 0 Å².